The minimum atomic E-state index is -0.307. The van der Waals surface area contributed by atoms with Crippen LogP contribution < -0.4 is 20.6 Å². The zero-order chi connectivity index (χ0) is 28.1. The van der Waals surface area contributed by atoms with Gasteiger partial charge in [0.1, 0.15) is 23.9 Å². The number of aromatic amines is 2. The quantitative estimate of drug-likeness (QED) is 0.271. The van der Waals surface area contributed by atoms with Gasteiger partial charge in [0, 0.05) is 34.0 Å². The van der Waals surface area contributed by atoms with Gasteiger partial charge in [-0.3, -0.25) is 19.2 Å². The zero-order valence-electron chi connectivity index (χ0n) is 21.5. The average molecular weight is 527 g/mol. The van der Waals surface area contributed by atoms with Crippen LogP contribution in [0, 0.1) is 0 Å². The number of hydrogen-bond acceptors (Lipinski definition) is 7. The monoisotopic (exact) mass is 526 g/mol. The molecule has 0 radical (unpaired) electrons. The van der Waals surface area contributed by atoms with Crippen molar-refractivity contribution < 1.29 is 24.2 Å². The lowest BCUT2D eigenvalue weighted by molar-refractivity contribution is 0.101. The maximum absolute atomic E-state index is 11.8. The summed E-state index contributed by atoms with van der Waals surface area (Å²) in [5.74, 6) is 1.11. The summed E-state index contributed by atoms with van der Waals surface area (Å²) in [6.45, 7) is 3.28. The number of benzene rings is 3. The number of nitrogens with one attached hydrogen (secondary N) is 2. The number of aromatic nitrogens is 2. The van der Waals surface area contributed by atoms with Crippen molar-refractivity contribution in [3.05, 3.63) is 110 Å². The highest BCUT2D eigenvalue weighted by atomic mass is 16.5. The Morgan fingerprint density at radius 2 is 1.26 bits per heavy atom. The predicted octanol–water partition coefficient (Wildman–Crippen LogP) is 4.75. The van der Waals surface area contributed by atoms with E-state index in [1.807, 2.05) is 24.3 Å². The van der Waals surface area contributed by atoms with Crippen LogP contribution in [0.3, 0.4) is 0 Å². The number of phenols is 1. The number of pyridine rings is 2. The number of hydrogen-bond donors (Lipinski definition) is 3. The Morgan fingerprint density at radius 1 is 0.718 bits per heavy atom. The van der Waals surface area contributed by atoms with Crippen LogP contribution in [-0.2, 0) is 6.61 Å². The second-order valence-electron chi connectivity index (χ2n) is 8.72. The van der Waals surface area contributed by atoms with E-state index in [9.17, 15) is 24.3 Å². The first-order valence-electron chi connectivity index (χ1n) is 12.0. The molecule has 0 saturated carbocycles. The maximum atomic E-state index is 11.8. The number of Topliss-reactive ketones (excluding diaryl/α,β-unsaturated/α-hetero) is 2. The fourth-order valence-electron chi connectivity index (χ4n) is 4.08. The standard InChI is InChI=1S/C19H17NO4.C11H9NO3/c1-12(21)15-7-9-17(19-16(15)8-10-18(22)20-19)24-11-13-3-5-14(23-2)6-4-13;1-6(13)7-2-4-9(14)11-8(7)3-5-10(15)12-11/h3-10H,11H2,1-2H3,(H,20,22);2-5,14H,1H3,(H,12,15). The van der Waals surface area contributed by atoms with E-state index in [2.05, 4.69) is 9.97 Å². The number of rotatable bonds is 6. The molecule has 0 saturated heterocycles. The summed E-state index contributed by atoms with van der Waals surface area (Å²) in [6.07, 6.45) is 0. The van der Waals surface area contributed by atoms with E-state index in [-0.39, 0.29) is 28.4 Å². The summed E-state index contributed by atoms with van der Waals surface area (Å²) >= 11 is 0. The molecule has 0 amide bonds. The Morgan fingerprint density at radius 3 is 1.82 bits per heavy atom. The highest BCUT2D eigenvalue weighted by Crippen LogP contribution is 2.27. The van der Waals surface area contributed by atoms with E-state index in [0.29, 0.717) is 45.3 Å². The van der Waals surface area contributed by atoms with Crippen molar-refractivity contribution in [1.29, 1.82) is 0 Å². The molecule has 0 fully saturated rings. The van der Waals surface area contributed by atoms with Crippen LogP contribution >= 0.6 is 0 Å². The fraction of sp³-hybridized carbons (Fsp3) is 0.133. The Balaban J connectivity index is 0.000000202. The van der Waals surface area contributed by atoms with Crippen molar-refractivity contribution in [3.63, 3.8) is 0 Å². The third-order valence-electron chi connectivity index (χ3n) is 6.04. The molecule has 0 bridgehead atoms. The number of ketones is 2. The second kappa shape index (κ2) is 11.5. The Bertz CT molecular complexity index is 1800. The van der Waals surface area contributed by atoms with Crippen LogP contribution in [0.15, 0.2) is 82.4 Å². The molecule has 2 aromatic heterocycles. The second-order valence-corrected chi connectivity index (χ2v) is 8.72. The van der Waals surface area contributed by atoms with Crippen LogP contribution in [-0.4, -0.2) is 33.8 Å². The molecular weight excluding hydrogens is 500 g/mol. The van der Waals surface area contributed by atoms with E-state index in [4.69, 9.17) is 9.47 Å². The van der Waals surface area contributed by atoms with Gasteiger partial charge in [0.2, 0.25) is 11.1 Å². The van der Waals surface area contributed by atoms with Gasteiger partial charge in [0.15, 0.2) is 11.6 Å². The largest absolute Gasteiger partial charge is 0.506 e. The Kier molecular flexibility index (Phi) is 7.90. The minimum absolute atomic E-state index is 0.0345. The Hall–Kier alpha value is -5.18. The number of ether oxygens (including phenoxy) is 2. The fourth-order valence-corrected chi connectivity index (χ4v) is 4.08. The van der Waals surface area contributed by atoms with E-state index >= 15 is 0 Å². The van der Waals surface area contributed by atoms with Crippen molar-refractivity contribution in [2.45, 2.75) is 20.5 Å². The van der Waals surface area contributed by atoms with Gasteiger partial charge in [-0.2, -0.15) is 0 Å². The first-order chi connectivity index (χ1) is 18.7. The van der Waals surface area contributed by atoms with E-state index in [0.717, 1.165) is 11.3 Å². The van der Waals surface area contributed by atoms with Crippen LogP contribution in [0.25, 0.3) is 21.8 Å². The minimum Gasteiger partial charge on any atom is -0.506 e. The molecular formula is C30H26N2O7. The first-order valence-corrected chi connectivity index (χ1v) is 12.0. The van der Waals surface area contributed by atoms with Crippen LogP contribution in [0.5, 0.6) is 17.2 Å². The number of H-pyrrole nitrogens is 2. The molecule has 2 heterocycles. The smallest absolute Gasteiger partial charge is 0.248 e. The summed E-state index contributed by atoms with van der Waals surface area (Å²) in [5, 5.41) is 10.8. The van der Waals surface area contributed by atoms with Gasteiger partial charge < -0.3 is 24.5 Å². The summed E-state index contributed by atoms with van der Waals surface area (Å²) < 4.78 is 11.0. The molecule has 198 valence electrons. The molecule has 0 aliphatic heterocycles. The molecule has 0 unspecified atom stereocenters. The number of phenolic OH excluding ortho intramolecular Hbond substituents is 1. The Labute approximate surface area is 222 Å². The van der Waals surface area contributed by atoms with Gasteiger partial charge in [-0.25, -0.2) is 0 Å². The highest BCUT2D eigenvalue weighted by molar-refractivity contribution is 6.08. The van der Waals surface area contributed by atoms with Gasteiger partial charge >= 0.3 is 0 Å². The lowest BCUT2D eigenvalue weighted by Gasteiger charge is -2.11. The van der Waals surface area contributed by atoms with Crippen molar-refractivity contribution in [3.8, 4) is 17.2 Å². The molecule has 39 heavy (non-hydrogen) atoms. The van der Waals surface area contributed by atoms with Gasteiger partial charge in [0.05, 0.1) is 18.1 Å². The summed E-state index contributed by atoms with van der Waals surface area (Å²) in [5.41, 5.74) is 2.30. The molecule has 9 heteroatoms. The van der Waals surface area contributed by atoms with E-state index < -0.39 is 0 Å². The number of methoxy groups -OCH3 is 1. The van der Waals surface area contributed by atoms with Crippen molar-refractivity contribution >= 4 is 33.4 Å². The van der Waals surface area contributed by atoms with Crippen molar-refractivity contribution in [2.75, 3.05) is 7.11 Å². The van der Waals surface area contributed by atoms with Gasteiger partial charge in [-0.1, -0.05) is 12.1 Å². The van der Waals surface area contributed by atoms with Gasteiger partial charge in [0.25, 0.3) is 0 Å². The lowest BCUT2D eigenvalue weighted by atomic mass is 10.0. The normalized spacial score (nSPS) is 10.5. The van der Waals surface area contributed by atoms with Crippen molar-refractivity contribution in [1.82, 2.24) is 9.97 Å². The average Bonchev–Trinajstić information content (AvgIpc) is 2.92. The molecule has 0 atom stereocenters. The number of aromatic hydroxyl groups is 1. The number of fused-ring (bicyclic) bond motifs is 2. The summed E-state index contributed by atoms with van der Waals surface area (Å²) in [4.78, 5) is 51.0. The molecule has 5 aromatic rings. The lowest BCUT2D eigenvalue weighted by Crippen LogP contribution is -2.07. The topological polar surface area (TPSA) is 139 Å². The van der Waals surface area contributed by atoms with E-state index in [1.165, 1.54) is 44.2 Å². The molecule has 3 aromatic carbocycles. The molecule has 9 nitrogen and oxygen atoms in total. The molecule has 0 aliphatic carbocycles. The van der Waals surface area contributed by atoms with Crippen molar-refractivity contribution in [2.24, 2.45) is 0 Å². The zero-order valence-corrected chi connectivity index (χ0v) is 21.5. The number of carbonyl (C=O) groups excluding carboxylic acids is 2. The van der Waals surface area contributed by atoms with Crippen LogP contribution in [0.2, 0.25) is 0 Å². The van der Waals surface area contributed by atoms with Crippen LogP contribution in [0.4, 0.5) is 0 Å². The van der Waals surface area contributed by atoms with Gasteiger partial charge in [-0.15, -0.1) is 0 Å². The van der Waals surface area contributed by atoms with E-state index in [1.54, 1.807) is 25.3 Å². The highest BCUT2D eigenvalue weighted by Gasteiger charge is 2.12. The predicted molar refractivity (Wildman–Crippen MR) is 148 cm³/mol. The van der Waals surface area contributed by atoms with Gasteiger partial charge in [-0.05, 0) is 67.9 Å². The summed E-state index contributed by atoms with van der Waals surface area (Å²) in [7, 11) is 1.62. The van der Waals surface area contributed by atoms with Crippen LogP contribution in [0.1, 0.15) is 40.1 Å². The molecule has 0 aliphatic rings. The maximum Gasteiger partial charge on any atom is 0.248 e. The summed E-state index contributed by atoms with van der Waals surface area (Å²) in [6, 6.07) is 19.8. The molecule has 3 N–H and O–H groups in total. The first kappa shape index (κ1) is 26.9. The molecule has 0 spiro atoms. The SMILES string of the molecule is CC(=O)c1ccc(O)c2[nH]c(=O)ccc12.COc1ccc(COc2ccc(C(C)=O)c3ccc(=O)[nH]c23)cc1. The number of carbonyl (C=O) groups is 2. The third-order valence-corrected chi connectivity index (χ3v) is 6.04. The molecule has 5 rings (SSSR count). The third kappa shape index (κ3) is 6.04.